The average Bonchev–Trinajstić information content (AvgIpc) is 3.30. The third kappa shape index (κ3) is 3.90. The Morgan fingerprint density at radius 2 is 1.67 bits per heavy atom. The van der Waals surface area contributed by atoms with Crippen LogP contribution in [0.25, 0.3) is 16.7 Å². The summed E-state index contributed by atoms with van der Waals surface area (Å²) in [6.45, 7) is 2.03. The summed E-state index contributed by atoms with van der Waals surface area (Å²) in [5.41, 5.74) is 4.31. The molecule has 8 heteroatoms. The lowest BCUT2D eigenvalue weighted by Crippen LogP contribution is -2.29. The van der Waals surface area contributed by atoms with E-state index in [1.54, 1.807) is 28.3 Å². The number of para-hydroxylation sites is 2. The fourth-order valence-corrected chi connectivity index (χ4v) is 4.59. The predicted molar refractivity (Wildman–Crippen MR) is 138 cm³/mol. The summed E-state index contributed by atoms with van der Waals surface area (Å²) in [6.07, 6.45) is 0. The number of nitrogens with zero attached hydrogens (tertiary/aromatic N) is 2. The van der Waals surface area contributed by atoms with E-state index in [9.17, 15) is 4.79 Å². The summed E-state index contributed by atoms with van der Waals surface area (Å²) in [7, 11) is 4.82. The molecule has 36 heavy (non-hydrogen) atoms. The van der Waals surface area contributed by atoms with E-state index in [0.29, 0.717) is 34.5 Å². The van der Waals surface area contributed by atoms with Crippen molar-refractivity contribution in [1.29, 1.82) is 0 Å². The van der Waals surface area contributed by atoms with Crippen LogP contribution in [0.15, 0.2) is 72.3 Å². The van der Waals surface area contributed by atoms with E-state index >= 15 is 0 Å². The van der Waals surface area contributed by atoms with E-state index < -0.39 is 12.0 Å². The van der Waals surface area contributed by atoms with Gasteiger partial charge < -0.3 is 24.3 Å². The molecule has 4 aromatic rings. The van der Waals surface area contributed by atoms with Gasteiger partial charge in [0.15, 0.2) is 0 Å². The summed E-state index contributed by atoms with van der Waals surface area (Å²) in [5.74, 6) is 2.13. The Balaban J connectivity index is 1.83. The van der Waals surface area contributed by atoms with E-state index in [1.807, 2.05) is 71.3 Å². The zero-order valence-corrected chi connectivity index (χ0v) is 20.6. The molecular formula is C28H27N3O5. The van der Waals surface area contributed by atoms with Gasteiger partial charge in [-0.05, 0) is 61.0 Å². The van der Waals surface area contributed by atoms with Gasteiger partial charge in [0.2, 0.25) is 5.95 Å². The van der Waals surface area contributed by atoms with E-state index in [-0.39, 0.29) is 6.61 Å². The quantitative estimate of drug-likeness (QED) is 0.367. The number of nitrogens with one attached hydrogen (secondary N) is 1. The SMILES string of the molecule is CCOC(=O)C1=C(c2ccc(OC)cc2)Nc2nc3ccccc3n2[C@H]1c1ccc(OC)cc1OC. The van der Waals surface area contributed by atoms with Crippen molar-refractivity contribution in [1.82, 2.24) is 9.55 Å². The molecule has 0 spiro atoms. The molecule has 0 bridgehead atoms. The molecule has 2 heterocycles. The van der Waals surface area contributed by atoms with Crippen LogP contribution >= 0.6 is 0 Å². The zero-order valence-electron chi connectivity index (χ0n) is 20.6. The predicted octanol–water partition coefficient (Wildman–Crippen LogP) is 5.05. The molecule has 8 nitrogen and oxygen atoms in total. The highest BCUT2D eigenvalue weighted by Crippen LogP contribution is 2.45. The normalized spacial score (nSPS) is 14.7. The van der Waals surface area contributed by atoms with E-state index in [2.05, 4.69) is 5.32 Å². The largest absolute Gasteiger partial charge is 0.497 e. The number of fused-ring (bicyclic) bond motifs is 3. The molecule has 1 aromatic heterocycles. The third-order valence-electron chi connectivity index (χ3n) is 6.24. The highest BCUT2D eigenvalue weighted by molar-refractivity contribution is 6.03. The second kappa shape index (κ2) is 9.65. The standard InChI is InChI=1S/C28H27N3O5/c1-5-36-27(32)24-25(17-10-12-18(33-2)13-11-17)30-28-29-21-8-6-7-9-22(21)31(28)26(24)20-15-14-19(34-3)16-23(20)35-4/h6-16,26H,5H2,1-4H3,(H,29,30)/t26-/m0/s1. The summed E-state index contributed by atoms with van der Waals surface area (Å²) in [6, 6.07) is 20.3. The van der Waals surface area contributed by atoms with Crippen LogP contribution < -0.4 is 19.5 Å². The molecule has 0 fully saturated rings. The van der Waals surface area contributed by atoms with Crippen molar-refractivity contribution < 1.29 is 23.7 Å². The van der Waals surface area contributed by atoms with Crippen molar-refractivity contribution in [2.45, 2.75) is 13.0 Å². The third-order valence-corrected chi connectivity index (χ3v) is 6.24. The number of anilines is 1. The zero-order chi connectivity index (χ0) is 25.2. The lowest BCUT2D eigenvalue weighted by atomic mass is 9.91. The minimum Gasteiger partial charge on any atom is -0.497 e. The Bertz CT molecular complexity index is 1460. The van der Waals surface area contributed by atoms with Gasteiger partial charge in [-0.3, -0.25) is 4.57 Å². The summed E-state index contributed by atoms with van der Waals surface area (Å²) >= 11 is 0. The fraction of sp³-hybridized carbons (Fsp3) is 0.214. The smallest absolute Gasteiger partial charge is 0.338 e. The monoisotopic (exact) mass is 485 g/mol. The highest BCUT2D eigenvalue weighted by Gasteiger charge is 2.38. The number of hydrogen-bond donors (Lipinski definition) is 1. The van der Waals surface area contributed by atoms with Crippen LogP contribution in [-0.2, 0) is 9.53 Å². The van der Waals surface area contributed by atoms with E-state index in [0.717, 1.165) is 22.2 Å². The van der Waals surface area contributed by atoms with Gasteiger partial charge in [-0.2, -0.15) is 0 Å². The molecule has 1 N–H and O–H groups in total. The van der Waals surface area contributed by atoms with E-state index in [4.69, 9.17) is 23.9 Å². The van der Waals surface area contributed by atoms with Crippen LogP contribution in [0.5, 0.6) is 17.2 Å². The first-order chi connectivity index (χ1) is 17.6. The molecule has 1 atom stereocenters. The van der Waals surface area contributed by atoms with Gasteiger partial charge in [0.25, 0.3) is 0 Å². The molecular weight excluding hydrogens is 458 g/mol. The first kappa shape index (κ1) is 23.3. The van der Waals surface area contributed by atoms with Crippen LogP contribution in [-0.4, -0.2) is 43.5 Å². The average molecular weight is 486 g/mol. The number of carbonyl (C=O) groups is 1. The Labute approximate surface area is 209 Å². The van der Waals surface area contributed by atoms with Gasteiger partial charge in [0.1, 0.15) is 23.3 Å². The molecule has 0 unspecified atom stereocenters. The van der Waals surface area contributed by atoms with Crippen LogP contribution in [0.3, 0.4) is 0 Å². The number of imidazole rings is 1. The van der Waals surface area contributed by atoms with Gasteiger partial charge in [0.05, 0.1) is 50.2 Å². The van der Waals surface area contributed by atoms with Crippen LogP contribution in [0.1, 0.15) is 24.1 Å². The van der Waals surface area contributed by atoms with Crippen molar-refractivity contribution in [2.75, 3.05) is 33.3 Å². The minimum atomic E-state index is -0.578. The number of carbonyl (C=O) groups excluding carboxylic acids is 1. The maximum Gasteiger partial charge on any atom is 0.338 e. The Morgan fingerprint density at radius 3 is 2.36 bits per heavy atom. The second-order valence-electron chi connectivity index (χ2n) is 8.17. The number of rotatable bonds is 7. The van der Waals surface area contributed by atoms with Crippen molar-refractivity contribution >= 4 is 28.6 Å². The second-order valence-corrected chi connectivity index (χ2v) is 8.17. The fourth-order valence-electron chi connectivity index (χ4n) is 4.59. The molecule has 0 radical (unpaired) electrons. The van der Waals surface area contributed by atoms with Crippen LogP contribution in [0.2, 0.25) is 0 Å². The number of benzene rings is 3. The lowest BCUT2D eigenvalue weighted by molar-refractivity contribution is -0.138. The van der Waals surface area contributed by atoms with E-state index in [1.165, 1.54) is 0 Å². The van der Waals surface area contributed by atoms with Crippen LogP contribution in [0.4, 0.5) is 5.95 Å². The van der Waals surface area contributed by atoms with Crippen molar-refractivity contribution in [3.05, 3.63) is 83.4 Å². The summed E-state index contributed by atoms with van der Waals surface area (Å²) in [4.78, 5) is 18.5. The Morgan fingerprint density at radius 1 is 0.944 bits per heavy atom. The van der Waals surface area contributed by atoms with Crippen molar-refractivity contribution in [3.63, 3.8) is 0 Å². The number of methoxy groups -OCH3 is 3. The number of hydrogen-bond acceptors (Lipinski definition) is 7. The highest BCUT2D eigenvalue weighted by atomic mass is 16.5. The maximum atomic E-state index is 13.6. The molecule has 0 saturated carbocycles. The van der Waals surface area contributed by atoms with Gasteiger partial charge in [0, 0.05) is 11.6 Å². The van der Waals surface area contributed by atoms with Gasteiger partial charge >= 0.3 is 5.97 Å². The topological polar surface area (TPSA) is 83.8 Å². The molecule has 184 valence electrons. The number of ether oxygens (including phenoxy) is 4. The molecule has 1 aliphatic heterocycles. The number of esters is 1. The molecule has 1 aliphatic rings. The molecule has 5 rings (SSSR count). The molecule has 0 saturated heterocycles. The maximum absolute atomic E-state index is 13.6. The molecule has 0 aliphatic carbocycles. The van der Waals surface area contributed by atoms with Crippen LogP contribution in [0, 0.1) is 0 Å². The lowest BCUT2D eigenvalue weighted by Gasteiger charge is -2.32. The molecule has 3 aromatic carbocycles. The van der Waals surface area contributed by atoms with Crippen molar-refractivity contribution in [3.8, 4) is 17.2 Å². The first-order valence-corrected chi connectivity index (χ1v) is 11.6. The Kier molecular flexibility index (Phi) is 6.25. The molecule has 0 amide bonds. The van der Waals surface area contributed by atoms with Crippen molar-refractivity contribution in [2.24, 2.45) is 0 Å². The number of aromatic nitrogens is 2. The van der Waals surface area contributed by atoms with Gasteiger partial charge in [-0.1, -0.05) is 12.1 Å². The van der Waals surface area contributed by atoms with Gasteiger partial charge in [-0.15, -0.1) is 0 Å². The Hall–Kier alpha value is -4.46. The van der Waals surface area contributed by atoms with Gasteiger partial charge in [-0.25, -0.2) is 9.78 Å². The summed E-state index contributed by atoms with van der Waals surface area (Å²) in [5, 5.41) is 3.41. The first-order valence-electron chi connectivity index (χ1n) is 11.6. The minimum absolute atomic E-state index is 0.238. The summed E-state index contributed by atoms with van der Waals surface area (Å²) < 4.78 is 24.1.